The van der Waals surface area contributed by atoms with E-state index in [2.05, 4.69) is 27.8 Å². The van der Waals surface area contributed by atoms with Crippen molar-refractivity contribution in [2.24, 2.45) is 0 Å². The fourth-order valence-electron chi connectivity index (χ4n) is 3.49. The lowest BCUT2D eigenvalue weighted by Crippen LogP contribution is -2.28. The van der Waals surface area contributed by atoms with Gasteiger partial charge in [-0.15, -0.1) is 0 Å². The van der Waals surface area contributed by atoms with Crippen LogP contribution in [0.25, 0.3) is 0 Å². The van der Waals surface area contributed by atoms with E-state index in [1.165, 1.54) is 20.2 Å². The Morgan fingerprint density at radius 2 is 1.61 bits per heavy atom. The van der Waals surface area contributed by atoms with Crippen LogP contribution in [0.1, 0.15) is 39.1 Å². The summed E-state index contributed by atoms with van der Waals surface area (Å²) in [5.74, 6) is -1.14. The van der Waals surface area contributed by atoms with Gasteiger partial charge in [-0.25, -0.2) is 0 Å². The molecule has 0 saturated carbocycles. The molecule has 28 heavy (non-hydrogen) atoms. The quantitative estimate of drug-likeness (QED) is 0.740. The number of nitrogens with zero attached hydrogens (tertiary/aromatic N) is 1. The van der Waals surface area contributed by atoms with E-state index in [0.29, 0.717) is 23.4 Å². The minimum atomic E-state index is -0.329. The molecule has 0 spiro atoms. The van der Waals surface area contributed by atoms with E-state index >= 15 is 0 Å². The van der Waals surface area contributed by atoms with E-state index in [1.807, 2.05) is 24.3 Å². The molecule has 0 fully saturated rings. The summed E-state index contributed by atoms with van der Waals surface area (Å²) in [7, 11) is 3.03. The third-order valence-corrected chi connectivity index (χ3v) is 4.93. The summed E-state index contributed by atoms with van der Waals surface area (Å²) in [6.45, 7) is 3.46. The zero-order chi connectivity index (χ0) is 20.3. The Morgan fingerprint density at radius 3 is 2.18 bits per heavy atom. The van der Waals surface area contributed by atoms with Crippen LogP contribution in [-0.2, 0) is 4.79 Å². The summed E-state index contributed by atoms with van der Waals surface area (Å²) < 4.78 is 0. The molecule has 3 amide bonds. The highest BCUT2D eigenvalue weighted by Crippen LogP contribution is 2.36. The Balaban J connectivity index is 1.90. The lowest BCUT2D eigenvalue weighted by Gasteiger charge is -2.17. The first-order valence-corrected chi connectivity index (χ1v) is 9.22. The van der Waals surface area contributed by atoms with E-state index < -0.39 is 0 Å². The number of hydrogen-bond acceptors (Lipinski definition) is 4. The lowest BCUT2D eigenvalue weighted by atomic mass is 10.00. The predicted molar refractivity (Wildman–Crippen MR) is 109 cm³/mol. The molecular weight excluding hydrogens is 356 g/mol. The van der Waals surface area contributed by atoms with Gasteiger partial charge in [0.05, 0.1) is 5.92 Å². The van der Waals surface area contributed by atoms with Crippen molar-refractivity contribution in [3.63, 3.8) is 0 Å². The zero-order valence-corrected chi connectivity index (χ0v) is 16.2. The summed E-state index contributed by atoms with van der Waals surface area (Å²) in [5.41, 5.74) is 3.07. The lowest BCUT2D eigenvalue weighted by molar-refractivity contribution is -0.117. The van der Waals surface area contributed by atoms with Crippen molar-refractivity contribution in [2.75, 3.05) is 37.4 Å². The third-order valence-electron chi connectivity index (χ3n) is 4.93. The molecule has 0 aromatic heterocycles. The molecule has 1 atom stereocenters. The largest absolute Gasteiger partial charge is 0.370 e. The molecule has 2 aromatic rings. The molecule has 3 N–H and O–H groups in total. The monoisotopic (exact) mass is 380 g/mol. The number of carbonyl (C=O) groups is 3. The molecule has 1 aliphatic heterocycles. The van der Waals surface area contributed by atoms with Crippen molar-refractivity contribution in [1.82, 2.24) is 10.6 Å². The Morgan fingerprint density at radius 1 is 1.00 bits per heavy atom. The molecule has 0 saturated heterocycles. The fraction of sp³-hybridized carbons (Fsp3) is 0.286. The number of anilines is 2. The summed E-state index contributed by atoms with van der Waals surface area (Å²) in [6, 6.07) is 12.5. The molecule has 0 bridgehead atoms. The molecule has 3 rings (SSSR count). The van der Waals surface area contributed by atoms with Gasteiger partial charge in [-0.1, -0.05) is 18.2 Å². The molecule has 2 aromatic carbocycles. The van der Waals surface area contributed by atoms with E-state index in [9.17, 15) is 14.4 Å². The van der Waals surface area contributed by atoms with Crippen molar-refractivity contribution < 1.29 is 14.4 Å². The van der Waals surface area contributed by atoms with Gasteiger partial charge in [0.15, 0.2) is 0 Å². The summed E-state index contributed by atoms with van der Waals surface area (Å²) >= 11 is 0. The molecule has 7 nitrogen and oxygen atoms in total. The van der Waals surface area contributed by atoms with Gasteiger partial charge in [-0.2, -0.15) is 0 Å². The molecule has 0 aliphatic carbocycles. The Bertz CT molecular complexity index is 891. The summed E-state index contributed by atoms with van der Waals surface area (Å²) in [6.07, 6.45) is 0. The highest BCUT2D eigenvalue weighted by atomic mass is 16.2. The first-order chi connectivity index (χ1) is 13.5. The molecule has 1 aliphatic rings. The Kier molecular flexibility index (Phi) is 5.63. The van der Waals surface area contributed by atoms with Crippen LogP contribution in [0.2, 0.25) is 0 Å². The Hall–Kier alpha value is -3.35. The van der Waals surface area contributed by atoms with E-state index in [0.717, 1.165) is 17.8 Å². The maximum atomic E-state index is 13.0. The second-order valence-corrected chi connectivity index (χ2v) is 6.60. The normalized spacial score (nSPS) is 15.0. The smallest absolute Gasteiger partial charge is 0.251 e. The van der Waals surface area contributed by atoms with E-state index in [-0.39, 0.29) is 23.6 Å². The average molecular weight is 380 g/mol. The van der Waals surface area contributed by atoms with Crippen LogP contribution in [0.5, 0.6) is 0 Å². The van der Waals surface area contributed by atoms with Crippen molar-refractivity contribution in [3.05, 3.63) is 59.2 Å². The van der Waals surface area contributed by atoms with Gasteiger partial charge in [0.25, 0.3) is 11.8 Å². The molecule has 1 heterocycles. The van der Waals surface area contributed by atoms with Crippen LogP contribution in [0.3, 0.4) is 0 Å². The average Bonchev–Trinajstić information content (AvgIpc) is 3.11. The standard InChI is InChI=1S/C21H24N4O3/c1-4-25-12-17(16-7-5-6-8-18(16)25)21(28)24-15-10-13(19(26)22-2)9-14(11-15)20(27)23-3/h5-11,17H,4,12H2,1-3H3,(H,22,26)(H,23,27)(H,24,28). The van der Waals surface area contributed by atoms with Crippen LogP contribution >= 0.6 is 0 Å². The number of fused-ring (bicyclic) bond motifs is 1. The van der Waals surface area contributed by atoms with Gasteiger partial charge in [0.1, 0.15) is 0 Å². The van der Waals surface area contributed by atoms with Crippen LogP contribution < -0.4 is 20.9 Å². The van der Waals surface area contributed by atoms with E-state index in [4.69, 9.17) is 0 Å². The van der Waals surface area contributed by atoms with Crippen molar-refractivity contribution in [2.45, 2.75) is 12.8 Å². The number of para-hydroxylation sites is 1. The van der Waals surface area contributed by atoms with Gasteiger partial charge in [0, 0.05) is 49.7 Å². The first-order valence-electron chi connectivity index (χ1n) is 9.22. The molecule has 1 unspecified atom stereocenters. The van der Waals surface area contributed by atoms with Crippen LogP contribution in [0.4, 0.5) is 11.4 Å². The maximum Gasteiger partial charge on any atom is 0.251 e. The zero-order valence-electron chi connectivity index (χ0n) is 16.2. The second kappa shape index (κ2) is 8.12. The maximum absolute atomic E-state index is 13.0. The van der Waals surface area contributed by atoms with Gasteiger partial charge >= 0.3 is 0 Å². The molecule has 7 heteroatoms. The van der Waals surface area contributed by atoms with Crippen molar-refractivity contribution in [3.8, 4) is 0 Å². The summed E-state index contributed by atoms with van der Waals surface area (Å²) in [5, 5.41) is 7.96. The number of rotatable bonds is 5. The number of nitrogens with one attached hydrogen (secondary N) is 3. The van der Waals surface area contributed by atoms with Gasteiger partial charge in [0.2, 0.25) is 5.91 Å². The predicted octanol–water partition coefficient (Wildman–Crippen LogP) is 1.97. The Labute approximate surface area is 164 Å². The fourth-order valence-corrected chi connectivity index (χ4v) is 3.49. The highest BCUT2D eigenvalue weighted by Gasteiger charge is 2.32. The van der Waals surface area contributed by atoms with Crippen molar-refractivity contribution >= 4 is 29.1 Å². The van der Waals surface area contributed by atoms with E-state index in [1.54, 1.807) is 12.1 Å². The number of hydrogen-bond donors (Lipinski definition) is 3. The summed E-state index contributed by atoms with van der Waals surface area (Å²) in [4.78, 5) is 39.3. The molecular formula is C21H24N4O3. The molecule has 146 valence electrons. The molecule has 0 radical (unpaired) electrons. The van der Waals surface area contributed by atoms with Crippen LogP contribution in [0, 0.1) is 0 Å². The van der Waals surface area contributed by atoms with Crippen LogP contribution in [0.15, 0.2) is 42.5 Å². The topological polar surface area (TPSA) is 90.5 Å². The third kappa shape index (κ3) is 3.69. The highest BCUT2D eigenvalue weighted by molar-refractivity contribution is 6.04. The number of likely N-dealkylation sites (N-methyl/N-ethyl adjacent to an activating group) is 1. The second-order valence-electron chi connectivity index (χ2n) is 6.60. The minimum Gasteiger partial charge on any atom is -0.370 e. The van der Waals surface area contributed by atoms with Crippen LogP contribution in [-0.4, -0.2) is 44.9 Å². The SMILES string of the molecule is CCN1CC(C(=O)Nc2cc(C(=O)NC)cc(C(=O)NC)c2)c2ccccc21. The number of amides is 3. The minimum absolute atomic E-state index is 0.166. The number of benzene rings is 2. The van der Waals surface area contributed by atoms with Gasteiger partial charge in [-0.3, -0.25) is 14.4 Å². The van der Waals surface area contributed by atoms with Gasteiger partial charge < -0.3 is 20.9 Å². The van der Waals surface area contributed by atoms with Crippen molar-refractivity contribution in [1.29, 1.82) is 0 Å². The first kappa shape index (κ1) is 19.4. The van der Waals surface area contributed by atoms with Gasteiger partial charge in [-0.05, 0) is 36.8 Å². The number of carbonyl (C=O) groups excluding carboxylic acids is 3.